The summed E-state index contributed by atoms with van der Waals surface area (Å²) in [6.45, 7) is 0.299. The van der Waals surface area contributed by atoms with Gasteiger partial charge in [-0.1, -0.05) is 0 Å². The van der Waals surface area contributed by atoms with Crippen LogP contribution in [0.15, 0.2) is 40.4 Å². The van der Waals surface area contributed by atoms with Crippen LogP contribution < -0.4 is 0 Å². The fourth-order valence-electron chi connectivity index (χ4n) is 2.14. The first-order valence-electron chi connectivity index (χ1n) is 6.57. The summed E-state index contributed by atoms with van der Waals surface area (Å²) >= 11 is 0. The SMILES string of the molecule is Cn1cnnc1S(=O)(=O)C1CN(C(=O)/C=C/c2ccco2)C1. The Balaban J connectivity index is 1.62. The summed E-state index contributed by atoms with van der Waals surface area (Å²) in [6, 6.07) is 3.44. The predicted molar refractivity (Wildman–Crippen MR) is 76.3 cm³/mol. The molecule has 8 nitrogen and oxygen atoms in total. The maximum atomic E-state index is 12.3. The molecule has 0 bridgehead atoms. The largest absolute Gasteiger partial charge is 0.465 e. The first-order chi connectivity index (χ1) is 10.5. The Morgan fingerprint density at radius 1 is 1.45 bits per heavy atom. The van der Waals surface area contributed by atoms with Crippen molar-refractivity contribution in [3.8, 4) is 0 Å². The normalized spacial score (nSPS) is 16.1. The van der Waals surface area contributed by atoms with Gasteiger partial charge in [0.05, 0.1) is 6.26 Å². The van der Waals surface area contributed by atoms with Crippen LogP contribution in [0.4, 0.5) is 0 Å². The molecule has 0 radical (unpaired) electrons. The van der Waals surface area contributed by atoms with E-state index < -0.39 is 15.1 Å². The minimum Gasteiger partial charge on any atom is -0.465 e. The molecule has 1 saturated heterocycles. The van der Waals surface area contributed by atoms with E-state index in [1.807, 2.05) is 0 Å². The van der Waals surface area contributed by atoms with Crippen molar-refractivity contribution < 1.29 is 17.6 Å². The molecule has 1 aliphatic heterocycles. The lowest BCUT2D eigenvalue weighted by Gasteiger charge is -2.37. The summed E-state index contributed by atoms with van der Waals surface area (Å²) in [7, 11) is -1.99. The summed E-state index contributed by atoms with van der Waals surface area (Å²) in [5.74, 6) is 0.318. The Kier molecular flexibility index (Phi) is 3.57. The lowest BCUT2D eigenvalue weighted by Crippen LogP contribution is -2.56. The first kappa shape index (κ1) is 14.5. The topological polar surface area (TPSA) is 98.3 Å². The van der Waals surface area contributed by atoms with E-state index >= 15 is 0 Å². The van der Waals surface area contributed by atoms with E-state index in [1.165, 1.54) is 28.1 Å². The molecule has 22 heavy (non-hydrogen) atoms. The summed E-state index contributed by atoms with van der Waals surface area (Å²) in [4.78, 5) is 13.4. The van der Waals surface area contributed by atoms with Crippen LogP contribution in [0.1, 0.15) is 5.76 Å². The fraction of sp³-hybridized carbons (Fsp3) is 0.308. The van der Waals surface area contributed by atoms with Crippen molar-refractivity contribution in [2.24, 2.45) is 7.05 Å². The van der Waals surface area contributed by atoms with E-state index in [0.29, 0.717) is 5.76 Å². The third kappa shape index (κ3) is 2.54. The average Bonchev–Trinajstić information content (AvgIpc) is 3.05. The Hall–Kier alpha value is -2.42. The van der Waals surface area contributed by atoms with Gasteiger partial charge in [0.2, 0.25) is 20.9 Å². The number of carbonyl (C=O) groups is 1. The van der Waals surface area contributed by atoms with Crippen molar-refractivity contribution in [2.75, 3.05) is 13.1 Å². The zero-order valence-corrected chi connectivity index (χ0v) is 12.6. The van der Waals surface area contributed by atoms with E-state index in [-0.39, 0.29) is 24.2 Å². The molecule has 0 atom stereocenters. The van der Waals surface area contributed by atoms with Gasteiger partial charge in [-0.3, -0.25) is 4.79 Å². The van der Waals surface area contributed by atoms with Gasteiger partial charge < -0.3 is 13.9 Å². The van der Waals surface area contributed by atoms with Gasteiger partial charge in [0, 0.05) is 26.2 Å². The lowest BCUT2D eigenvalue weighted by atomic mass is 10.2. The summed E-state index contributed by atoms with van der Waals surface area (Å²) in [6.07, 6.45) is 5.76. The van der Waals surface area contributed by atoms with Gasteiger partial charge in [-0.15, -0.1) is 10.2 Å². The highest BCUT2D eigenvalue weighted by atomic mass is 32.2. The van der Waals surface area contributed by atoms with Crippen LogP contribution in [0.2, 0.25) is 0 Å². The van der Waals surface area contributed by atoms with Crippen LogP contribution in [-0.2, 0) is 21.7 Å². The first-order valence-corrected chi connectivity index (χ1v) is 8.11. The van der Waals surface area contributed by atoms with Crippen molar-refractivity contribution in [1.82, 2.24) is 19.7 Å². The maximum absolute atomic E-state index is 12.3. The molecule has 0 N–H and O–H groups in total. The van der Waals surface area contributed by atoms with Crippen molar-refractivity contribution in [2.45, 2.75) is 10.4 Å². The van der Waals surface area contributed by atoms with E-state index in [4.69, 9.17) is 4.42 Å². The molecule has 2 aromatic heterocycles. The lowest BCUT2D eigenvalue weighted by molar-refractivity contribution is -0.128. The number of amides is 1. The minimum absolute atomic E-state index is 0.0734. The number of carbonyl (C=O) groups excluding carboxylic acids is 1. The molecule has 0 aromatic carbocycles. The van der Waals surface area contributed by atoms with Crippen LogP contribution in [-0.4, -0.2) is 52.3 Å². The molecule has 3 rings (SSSR count). The summed E-state index contributed by atoms with van der Waals surface area (Å²) < 4.78 is 31.1. The van der Waals surface area contributed by atoms with Crippen LogP contribution in [0.25, 0.3) is 6.08 Å². The van der Waals surface area contributed by atoms with E-state index in [1.54, 1.807) is 25.3 Å². The van der Waals surface area contributed by atoms with Gasteiger partial charge in [0.15, 0.2) is 0 Å². The van der Waals surface area contributed by atoms with Crippen LogP contribution in [0, 0.1) is 0 Å². The highest BCUT2D eigenvalue weighted by Gasteiger charge is 2.42. The molecule has 116 valence electrons. The molecule has 3 heterocycles. The van der Waals surface area contributed by atoms with Gasteiger partial charge in [0.1, 0.15) is 17.3 Å². The summed E-state index contributed by atoms with van der Waals surface area (Å²) in [5.41, 5.74) is 0. The number of aryl methyl sites for hydroxylation is 1. The fourth-order valence-corrected chi connectivity index (χ4v) is 3.80. The number of hydrogen-bond acceptors (Lipinski definition) is 6. The Labute approximate surface area is 127 Å². The molecule has 2 aromatic rings. The molecule has 9 heteroatoms. The molecular weight excluding hydrogens is 308 g/mol. The number of aromatic nitrogens is 3. The summed E-state index contributed by atoms with van der Waals surface area (Å²) in [5, 5.41) is 6.48. The minimum atomic E-state index is -3.56. The van der Waals surface area contributed by atoms with Crippen LogP contribution in [0.5, 0.6) is 0 Å². The van der Waals surface area contributed by atoms with Crippen LogP contribution in [0.3, 0.4) is 0 Å². The van der Waals surface area contributed by atoms with E-state index in [0.717, 1.165) is 0 Å². The molecule has 1 aliphatic rings. The second-order valence-electron chi connectivity index (χ2n) is 4.98. The standard InChI is InChI=1S/C13H14N4O4S/c1-16-9-14-15-13(16)22(19,20)11-7-17(8-11)12(18)5-4-10-3-2-6-21-10/h2-6,9,11H,7-8H2,1H3/b5-4+. The van der Waals surface area contributed by atoms with Crippen molar-refractivity contribution in [3.63, 3.8) is 0 Å². The quantitative estimate of drug-likeness (QED) is 0.741. The van der Waals surface area contributed by atoms with E-state index in [9.17, 15) is 13.2 Å². The monoisotopic (exact) mass is 322 g/mol. The average molecular weight is 322 g/mol. The highest BCUT2D eigenvalue weighted by Crippen LogP contribution is 2.22. The molecule has 0 saturated carbocycles. The third-order valence-corrected chi connectivity index (χ3v) is 5.51. The Morgan fingerprint density at radius 2 is 2.23 bits per heavy atom. The molecule has 0 spiro atoms. The number of furan rings is 1. The van der Waals surface area contributed by atoms with E-state index in [2.05, 4.69) is 10.2 Å². The number of hydrogen-bond donors (Lipinski definition) is 0. The zero-order chi connectivity index (χ0) is 15.7. The predicted octanol–water partition coefficient (Wildman–Crippen LogP) is 0.106. The third-order valence-electron chi connectivity index (χ3n) is 3.46. The van der Waals surface area contributed by atoms with Gasteiger partial charge in [-0.2, -0.15) is 0 Å². The number of sulfone groups is 1. The zero-order valence-electron chi connectivity index (χ0n) is 11.8. The molecule has 0 aliphatic carbocycles. The second-order valence-corrected chi connectivity index (χ2v) is 7.11. The van der Waals surface area contributed by atoms with Gasteiger partial charge in [-0.05, 0) is 18.2 Å². The number of rotatable bonds is 4. The Bertz CT molecular complexity index is 801. The smallest absolute Gasteiger partial charge is 0.249 e. The Morgan fingerprint density at radius 3 is 2.82 bits per heavy atom. The van der Waals surface area contributed by atoms with Crippen LogP contribution >= 0.6 is 0 Å². The molecule has 1 fully saturated rings. The maximum Gasteiger partial charge on any atom is 0.249 e. The highest BCUT2D eigenvalue weighted by molar-refractivity contribution is 7.92. The molecule has 0 unspecified atom stereocenters. The van der Waals surface area contributed by atoms with Gasteiger partial charge >= 0.3 is 0 Å². The van der Waals surface area contributed by atoms with Gasteiger partial charge in [-0.25, -0.2) is 8.42 Å². The molecule has 1 amide bonds. The van der Waals surface area contributed by atoms with Crippen molar-refractivity contribution in [3.05, 3.63) is 36.6 Å². The number of nitrogens with zero attached hydrogens (tertiary/aromatic N) is 4. The number of likely N-dealkylation sites (tertiary alicyclic amines) is 1. The van der Waals surface area contributed by atoms with Crippen molar-refractivity contribution >= 4 is 21.8 Å². The van der Waals surface area contributed by atoms with Crippen molar-refractivity contribution in [1.29, 1.82) is 0 Å². The second kappa shape index (κ2) is 5.41. The van der Waals surface area contributed by atoms with Gasteiger partial charge in [0.25, 0.3) is 0 Å². The molecular formula is C13H14N4O4S.